The fourth-order valence-electron chi connectivity index (χ4n) is 4.84. The highest BCUT2D eigenvalue weighted by Crippen LogP contribution is 2.33. The summed E-state index contributed by atoms with van der Waals surface area (Å²) in [6.07, 6.45) is 2.85. The number of pyridine rings is 1. The van der Waals surface area contributed by atoms with Gasteiger partial charge in [0.2, 0.25) is 15.9 Å². The molecular weight excluding hydrogens is 531 g/mol. The van der Waals surface area contributed by atoms with Crippen molar-refractivity contribution in [2.75, 3.05) is 37.6 Å². The molecule has 1 amide bonds. The second-order valence-electron chi connectivity index (χ2n) is 8.65. The van der Waals surface area contributed by atoms with Crippen molar-refractivity contribution >= 4 is 67.3 Å². The number of amides is 1. The molecule has 1 atom stereocenters. The third kappa shape index (κ3) is 4.70. The molecule has 11 heteroatoms. The maximum absolute atomic E-state index is 13.5. The zero-order chi connectivity index (χ0) is 24.7. The van der Waals surface area contributed by atoms with Gasteiger partial charge in [-0.2, -0.15) is 4.31 Å². The van der Waals surface area contributed by atoms with E-state index in [-0.39, 0.29) is 27.4 Å². The lowest BCUT2D eigenvalue weighted by atomic mass is 10.1. The largest absolute Gasteiger partial charge is 0.367 e. The van der Waals surface area contributed by atoms with Gasteiger partial charge in [0.15, 0.2) is 0 Å². The van der Waals surface area contributed by atoms with Crippen molar-refractivity contribution in [2.24, 2.45) is 0 Å². The average molecular weight is 554 g/mol. The second-order valence-corrected chi connectivity index (χ2v) is 11.8. The van der Waals surface area contributed by atoms with Crippen LogP contribution in [0.25, 0.3) is 10.9 Å². The zero-order valence-corrected chi connectivity index (χ0v) is 21.8. The van der Waals surface area contributed by atoms with E-state index in [1.807, 2.05) is 24.3 Å². The van der Waals surface area contributed by atoms with Gasteiger partial charge in [0.05, 0.1) is 10.5 Å². The first-order valence-electron chi connectivity index (χ1n) is 11.3. The maximum atomic E-state index is 13.5. The number of hydrogen-bond donors (Lipinski definition) is 0. The van der Waals surface area contributed by atoms with Crippen LogP contribution in [0, 0.1) is 0 Å². The summed E-state index contributed by atoms with van der Waals surface area (Å²) in [4.78, 5) is 21.8. The van der Waals surface area contributed by atoms with E-state index in [1.54, 1.807) is 11.1 Å². The number of rotatable bonds is 4. The summed E-state index contributed by atoms with van der Waals surface area (Å²) in [6, 6.07) is 11.2. The molecule has 0 spiro atoms. The first kappa shape index (κ1) is 24.6. The highest BCUT2D eigenvalue weighted by atomic mass is 35.5. The Hall–Kier alpha value is -2.10. The second kappa shape index (κ2) is 9.75. The third-order valence-electron chi connectivity index (χ3n) is 6.58. The highest BCUT2D eigenvalue weighted by molar-refractivity contribution is 7.89. The molecule has 0 radical (unpaired) electrons. The number of aromatic nitrogens is 1. The van der Waals surface area contributed by atoms with Crippen LogP contribution < -0.4 is 4.90 Å². The molecule has 184 valence electrons. The van der Waals surface area contributed by atoms with Gasteiger partial charge < -0.3 is 9.80 Å². The highest BCUT2D eigenvalue weighted by Gasteiger charge is 2.42. The topological polar surface area (TPSA) is 73.8 Å². The van der Waals surface area contributed by atoms with Crippen LogP contribution in [-0.2, 0) is 14.8 Å². The van der Waals surface area contributed by atoms with Crippen molar-refractivity contribution in [2.45, 2.75) is 23.8 Å². The zero-order valence-electron chi connectivity index (χ0n) is 18.7. The Morgan fingerprint density at radius 1 is 0.914 bits per heavy atom. The van der Waals surface area contributed by atoms with Gasteiger partial charge in [-0.3, -0.25) is 9.78 Å². The minimum atomic E-state index is -3.97. The van der Waals surface area contributed by atoms with Crippen molar-refractivity contribution in [3.8, 4) is 0 Å². The molecule has 0 bridgehead atoms. The third-order valence-corrected chi connectivity index (χ3v) is 9.44. The number of fused-ring (bicyclic) bond motifs is 1. The minimum absolute atomic E-state index is 0.0687. The molecule has 0 aliphatic carbocycles. The summed E-state index contributed by atoms with van der Waals surface area (Å²) in [6.45, 7) is 2.53. The molecule has 2 saturated heterocycles. The van der Waals surface area contributed by atoms with Crippen LogP contribution in [0.3, 0.4) is 0 Å². The fourth-order valence-corrected chi connectivity index (χ4v) is 7.39. The maximum Gasteiger partial charge on any atom is 0.245 e. The van der Waals surface area contributed by atoms with Crippen LogP contribution in [0.1, 0.15) is 12.8 Å². The van der Waals surface area contributed by atoms with Gasteiger partial charge in [0.25, 0.3) is 0 Å². The molecule has 35 heavy (non-hydrogen) atoms. The number of carbonyl (C=O) groups is 1. The Morgan fingerprint density at radius 3 is 2.40 bits per heavy atom. The van der Waals surface area contributed by atoms with E-state index < -0.39 is 16.1 Å². The van der Waals surface area contributed by atoms with E-state index in [0.29, 0.717) is 44.0 Å². The lowest BCUT2D eigenvalue weighted by Gasteiger charge is -2.38. The number of anilines is 1. The standard InChI is InChI=1S/C24H23Cl3N4O3S/c25-16-3-5-18-20(14-16)28-8-7-21(18)29-10-12-30(13-11-29)24(32)22-2-1-9-31(22)35(33,34)23-15-17(26)4-6-19(23)27/h3-8,14-15,22H,1-2,9-13H2/t22-/m1/s1. The summed E-state index contributed by atoms with van der Waals surface area (Å²) in [7, 11) is -3.97. The molecule has 2 aromatic carbocycles. The van der Waals surface area contributed by atoms with Crippen LogP contribution in [0.4, 0.5) is 5.69 Å². The average Bonchev–Trinajstić information content (AvgIpc) is 3.35. The Balaban J connectivity index is 1.32. The van der Waals surface area contributed by atoms with Crippen molar-refractivity contribution in [1.29, 1.82) is 0 Å². The molecule has 2 aliphatic rings. The molecule has 0 saturated carbocycles. The van der Waals surface area contributed by atoms with Gasteiger partial charge in [0, 0.05) is 60.0 Å². The lowest BCUT2D eigenvalue weighted by Crippen LogP contribution is -2.54. The van der Waals surface area contributed by atoms with E-state index in [4.69, 9.17) is 34.8 Å². The molecule has 3 aromatic rings. The number of halogens is 3. The van der Waals surface area contributed by atoms with Crippen LogP contribution >= 0.6 is 34.8 Å². The molecule has 0 N–H and O–H groups in total. The molecule has 0 unspecified atom stereocenters. The molecule has 7 nitrogen and oxygen atoms in total. The van der Waals surface area contributed by atoms with E-state index in [1.165, 1.54) is 22.5 Å². The van der Waals surface area contributed by atoms with Crippen LogP contribution in [0.5, 0.6) is 0 Å². The molecular formula is C24H23Cl3N4O3S. The molecule has 1 aromatic heterocycles. The van der Waals surface area contributed by atoms with Gasteiger partial charge in [-0.05, 0) is 55.3 Å². The smallest absolute Gasteiger partial charge is 0.245 e. The lowest BCUT2D eigenvalue weighted by molar-refractivity contribution is -0.134. The van der Waals surface area contributed by atoms with Gasteiger partial charge >= 0.3 is 0 Å². The SMILES string of the molecule is O=C([C@H]1CCCN1S(=O)(=O)c1cc(Cl)ccc1Cl)N1CCN(c2ccnc3cc(Cl)ccc23)CC1. The Bertz CT molecular complexity index is 1390. The van der Waals surface area contributed by atoms with Crippen LogP contribution in [0.15, 0.2) is 53.6 Å². The van der Waals surface area contributed by atoms with E-state index in [9.17, 15) is 13.2 Å². The Labute approximate surface area is 219 Å². The predicted octanol–water partition coefficient (Wildman–Crippen LogP) is 4.70. The monoisotopic (exact) mass is 552 g/mol. The van der Waals surface area contributed by atoms with Gasteiger partial charge in [-0.25, -0.2) is 8.42 Å². The number of benzene rings is 2. The van der Waals surface area contributed by atoms with Crippen LogP contribution in [-0.4, -0.2) is 67.3 Å². The van der Waals surface area contributed by atoms with Gasteiger partial charge in [-0.15, -0.1) is 0 Å². The normalized spacial score (nSPS) is 19.5. The number of piperazine rings is 1. The number of carbonyl (C=O) groups excluding carboxylic acids is 1. The van der Waals surface area contributed by atoms with E-state index in [0.717, 1.165) is 16.6 Å². The van der Waals surface area contributed by atoms with Crippen molar-refractivity contribution in [3.05, 3.63) is 63.7 Å². The van der Waals surface area contributed by atoms with Crippen molar-refractivity contribution in [3.63, 3.8) is 0 Å². The summed E-state index contributed by atoms with van der Waals surface area (Å²) < 4.78 is 28.0. The predicted molar refractivity (Wildman–Crippen MR) is 139 cm³/mol. The van der Waals surface area contributed by atoms with Crippen LogP contribution in [0.2, 0.25) is 15.1 Å². The van der Waals surface area contributed by atoms with Gasteiger partial charge in [0.1, 0.15) is 10.9 Å². The van der Waals surface area contributed by atoms with E-state index in [2.05, 4.69) is 9.88 Å². The number of hydrogen-bond acceptors (Lipinski definition) is 5. The summed E-state index contributed by atoms with van der Waals surface area (Å²) >= 11 is 18.3. The summed E-state index contributed by atoms with van der Waals surface area (Å²) in [5.41, 5.74) is 1.86. The Morgan fingerprint density at radius 2 is 1.63 bits per heavy atom. The number of nitrogens with zero attached hydrogens (tertiary/aromatic N) is 4. The van der Waals surface area contributed by atoms with E-state index >= 15 is 0 Å². The molecule has 2 fully saturated rings. The van der Waals surface area contributed by atoms with Crippen molar-refractivity contribution in [1.82, 2.24) is 14.2 Å². The first-order chi connectivity index (χ1) is 16.8. The van der Waals surface area contributed by atoms with Crippen molar-refractivity contribution < 1.29 is 13.2 Å². The number of sulfonamides is 1. The van der Waals surface area contributed by atoms with Gasteiger partial charge in [-0.1, -0.05) is 34.8 Å². The molecule has 3 heterocycles. The summed E-state index contributed by atoms with van der Waals surface area (Å²) in [5, 5.41) is 2.00. The molecule has 2 aliphatic heterocycles. The summed E-state index contributed by atoms with van der Waals surface area (Å²) in [5.74, 6) is -0.171. The Kier molecular flexibility index (Phi) is 6.85. The first-order valence-corrected chi connectivity index (χ1v) is 13.9. The quantitative estimate of drug-likeness (QED) is 0.468. The minimum Gasteiger partial charge on any atom is -0.367 e. The fraction of sp³-hybridized carbons (Fsp3) is 0.333. The molecule has 5 rings (SSSR count).